The minimum Gasteiger partial charge on any atom is -0.329 e. The van der Waals surface area contributed by atoms with E-state index in [1.807, 2.05) is 0 Å². The Bertz CT molecular complexity index is 330. The molecule has 0 saturated heterocycles. The molecule has 2 N–H and O–H groups in total. The highest BCUT2D eigenvalue weighted by Gasteiger charge is 2.32. The second-order valence-corrected chi connectivity index (χ2v) is 5.39. The van der Waals surface area contributed by atoms with Crippen LogP contribution in [0.25, 0.3) is 0 Å². The first-order chi connectivity index (χ1) is 9.22. The lowest BCUT2D eigenvalue weighted by Gasteiger charge is -2.43. The first kappa shape index (κ1) is 16.2. The molecule has 0 heterocycles. The highest BCUT2D eigenvalue weighted by atomic mass is 15.2. The van der Waals surface area contributed by atoms with Gasteiger partial charge < -0.3 is 5.73 Å². The lowest BCUT2D eigenvalue weighted by molar-refractivity contribution is 0.0759. The van der Waals surface area contributed by atoms with E-state index in [-0.39, 0.29) is 5.54 Å². The minimum absolute atomic E-state index is 0.167. The van der Waals surface area contributed by atoms with Gasteiger partial charge in [-0.05, 0) is 24.9 Å². The van der Waals surface area contributed by atoms with Crippen molar-refractivity contribution in [1.82, 2.24) is 4.90 Å². The third-order valence-electron chi connectivity index (χ3n) is 4.30. The molecule has 0 spiro atoms. The Kier molecular flexibility index (Phi) is 7.11. The lowest BCUT2D eigenvalue weighted by Crippen LogP contribution is -2.53. The van der Waals surface area contributed by atoms with Crippen LogP contribution in [-0.4, -0.2) is 23.5 Å². The molecule has 1 atom stereocenters. The van der Waals surface area contributed by atoms with Gasteiger partial charge in [0.25, 0.3) is 0 Å². The fourth-order valence-electron chi connectivity index (χ4n) is 2.86. The first-order valence-corrected chi connectivity index (χ1v) is 7.71. The predicted octanol–water partition coefficient (Wildman–Crippen LogP) is 3.81. The number of likely N-dealkylation sites (N-methyl/N-ethyl adjacent to an activating group) is 1. The van der Waals surface area contributed by atoms with Crippen LogP contribution in [0.4, 0.5) is 0 Å². The average Bonchev–Trinajstić information content (AvgIpc) is 2.48. The van der Waals surface area contributed by atoms with E-state index in [4.69, 9.17) is 5.73 Å². The molecular formula is C17H30N2. The van der Waals surface area contributed by atoms with E-state index in [1.165, 1.54) is 24.8 Å². The highest BCUT2D eigenvalue weighted by molar-refractivity contribution is 5.15. The number of hydrogen-bond acceptors (Lipinski definition) is 2. The summed E-state index contributed by atoms with van der Waals surface area (Å²) in [4.78, 5) is 2.57. The molecule has 0 radical (unpaired) electrons. The van der Waals surface area contributed by atoms with Gasteiger partial charge in [0, 0.05) is 18.6 Å². The Balaban J connectivity index is 2.83. The number of unbranched alkanes of at least 4 members (excludes halogenated alkanes) is 1. The SMILES string of the molecule is CCCCC(CC)(CN)N(CC)Cc1ccccc1. The van der Waals surface area contributed by atoms with Crippen LogP contribution < -0.4 is 5.73 Å². The predicted molar refractivity (Wildman–Crippen MR) is 84.1 cm³/mol. The molecule has 1 unspecified atom stereocenters. The maximum absolute atomic E-state index is 6.15. The van der Waals surface area contributed by atoms with Gasteiger partial charge in [-0.25, -0.2) is 0 Å². The molecule has 1 rings (SSSR count). The Morgan fingerprint density at radius 3 is 2.26 bits per heavy atom. The summed E-state index contributed by atoms with van der Waals surface area (Å²) in [6, 6.07) is 10.7. The number of hydrogen-bond donors (Lipinski definition) is 1. The summed E-state index contributed by atoms with van der Waals surface area (Å²) in [7, 11) is 0. The average molecular weight is 262 g/mol. The van der Waals surface area contributed by atoms with Crippen LogP contribution in [0, 0.1) is 0 Å². The molecule has 0 amide bonds. The Morgan fingerprint density at radius 2 is 1.79 bits per heavy atom. The van der Waals surface area contributed by atoms with Crippen molar-refractivity contribution in [3.8, 4) is 0 Å². The minimum atomic E-state index is 0.167. The molecule has 0 aliphatic heterocycles. The van der Waals surface area contributed by atoms with Gasteiger partial charge in [0.1, 0.15) is 0 Å². The molecule has 19 heavy (non-hydrogen) atoms. The van der Waals surface area contributed by atoms with Crippen molar-refractivity contribution in [3.05, 3.63) is 35.9 Å². The van der Waals surface area contributed by atoms with Gasteiger partial charge in [0.05, 0.1) is 0 Å². The van der Waals surface area contributed by atoms with Gasteiger partial charge in [-0.3, -0.25) is 4.90 Å². The molecule has 0 aromatic heterocycles. The maximum atomic E-state index is 6.15. The smallest absolute Gasteiger partial charge is 0.0332 e. The highest BCUT2D eigenvalue weighted by Crippen LogP contribution is 2.27. The maximum Gasteiger partial charge on any atom is 0.0332 e. The summed E-state index contributed by atoms with van der Waals surface area (Å²) in [5.41, 5.74) is 7.70. The van der Waals surface area contributed by atoms with Crippen LogP contribution in [-0.2, 0) is 6.54 Å². The number of nitrogens with two attached hydrogens (primary N) is 1. The van der Waals surface area contributed by atoms with E-state index in [2.05, 4.69) is 56.0 Å². The summed E-state index contributed by atoms with van der Waals surface area (Å²) < 4.78 is 0. The van der Waals surface area contributed by atoms with Gasteiger partial charge in [-0.2, -0.15) is 0 Å². The van der Waals surface area contributed by atoms with Crippen LogP contribution in [0.1, 0.15) is 52.0 Å². The van der Waals surface area contributed by atoms with E-state index in [0.29, 0.717) is 0 Å². The summed E-state index contributed by atoms with van der Waals surface area (Å²) in [5, 5.41) is 0. The fourth-order valence-corrected chi connectivity index (χ4v) is 2.86. The Morgan fingerprint density at radius 1 is 1.11 bits per heavy atom. The number of nitrogens with zero attached hydrogens (tertiary/aromatic N) is 1. The van der Waals surface area contributed by atoms with Crippen molar-refractivity contribution in [2.75, 3.05) is 13.1 Å². The van der Waals surface area contributed by atoms with Gasteiger partial charge in [-0.15, -0.1) is 0 Å². The largest absolute Gasteiger partial charge is 0.329 e. The molecule has 0 saturated carbocycles. The molecule has 0 bridgehead atoms. The number of benzene rings is 1. The normalized spacial score (nSPS) is 14.6. The second kappa shape index (κ2) is 8.34. The second-order valence-electron chi connectivity index (χ2n) is 5.39. The van der Waals surface area contributed by atoms with Gasteiger partial charge in [-0.1, -0.05) is 63.9 Å². The Labute approximate surface area is 119 Å². The van der Waals surface area contributed by atoms with Crippen LogP contribution in [0.3, 0.4) is 0 Å². The van der Waals surface area contributed by atoms with Crippen LogP contribution in [0.15, 0.2) is 30.3 Å². The van der Waals surface area contributed by atoms with Crippen molar-refractivity contribution in [2.24, 2.45) is 5.73 Å². The number of rotatable bonds is 9. The molecular weight excluding hydrogens is 232 g/mol. The van der Waals surface area contributed by atoms with Gasteiger partial charge >= 0.3 is 0 Å². The fraction of sp³-hybridized carbons (Fsp3) is 0.647. The molecule has 0 aliphatic carbocycles. The summed E-state index contributed by atoms with van der Waals surface area (Å²) in [6.07, 6.45) is 4.84. The van der Waals surface area contributed by atoms with E-state index in [0.717, 1.165) is 26.1 Å². The topological polar surface area (TPSA) is 29.3 Å². The lowest BCUT2D eigenvalue weighted by atomic mass is 9.87. The van der Waals surface area contributed by atoms with Crippen molar-refractivity contribution in [3.63, 3.8) is 0 Å². The third-order valence-corrected chi connectivity index (χ3v) is 4.30. The monoisotopic (exact) mass is 262 g/mol. The summed E-state index contributed by atoms with van der Waals surface area (Å²) >= 11 is 0. The van der Waals surface area contributed by atoms with Gasteiger partial charge in [0.15, 0.2) is 0 Å². The van der Waals surface area contributed by atoms with Gasteiger partial charge in [0.2, 0.25) is 0 Å². The van der Waals surface area contributed by atoms with E-state index in [1.54, 1.807) is 0 Å². The molecule has 108 valence electrons. The zero-order valence-corrected chi connectivity index (χ0v) is 12.9. The summed E-state index contributed by atoms with van der Waals surface area (Å²) in [6.45, 7) is 9.59. The Hall–Kier alpha value is -0.860. The van der Waals surface area contributed by atoms with Crippen molar-refractivity contribution in [1.29, 1.82) is 0 Å². The third kappa shape index (κ3) is 4.32. The van der Waals surface area contributed by atoms with E-state index >= 15 is 0 Å². The molecule has 1 aromatic carbocycles. The quantitative estimate of drug-likeness (QED) is 0.733. The van der Waals surface area contributed by atoms with Crippen LogP contribution in [0.5, 0.6) is 0 Å². The molecule has 2 nitrogen and oxygen atoms in total. The van der Waals surface area contributed by atoms with Crippen molar-refractivity contribution in [2.45, 2.75) is 58.5 Å². The molecule has 1 aromatic rings. The zero-order chi connectivity index (χ0) is 14.1. The molecule has 0 fully saturated rings. The van der Waals surface area contributed by atoms with Crippen molar-refractivity contribution >= 4 is 0 Å². The van der Waals surface area contributed by atoms with E-state index < -0.39 is 0 Å². The summed E-state index contributed by atoms with van der Waals surface area (Å²) in [5.74, 6) is 0. The van der Waals surface area contributed by atoms with E-state index in [9.17, 15) is 0 Å². The standard InChI is InChI=1S/C17H30N2/c1-4-7-13-17(5-2,15-18)19(6-3)14-16-11-9-8-10-12-16/h8-12H,4-7,13-15,18H2,1-3H3. The zero-order valence-electron chi connectivity index (χ0n) is 12.9. The molecule has 0 aliphatic rings. The van der Waals surface area contributed by atoms with Crippen LogP contribution in [0.2, 0.25) is 0 Å². The first-order valence-electron chi connectivity index (χ1n) is 7.71. The van der Waals surface area contributed by atoms with Crippen LogP contribution >= 0.6 is 0 Å². The molecule has 2 heteroatoms. The van der Waals surface area contributed by atoms with Crippen molar-refractivity contribution < 1.29 is 0 Å².